The molecule has 2 fully saturated rings. The van der Waals surface area contributed by atoms with Crippen molar-refractivity contribution in [1.82, 2.24) is 5.32 Å². The quantitative estimate of drug-likeness (QED) is 0.633. The Labute approximate surface area is 179 Å². The highest BCUT2D eigenvalue weighted by Gasteiger charge is 2.56. The smallest absolute Gasteiger partial charge is 0.109 e. The molecule has 0 spiro atoms. The second kappa shape index (κ2) is 8.31. The third-order valence-corrected chi connectivity index (χ3v) is 7.11. The molecule has 0 aromatic heterocycles. The fourth-order valence-electron chi connectivity index (χ4n) is 5.96. The summed E-state index contributed by atoms with van der Waals surface area (Å²) < 4.78 is 0. The van der Waals surface area contributed by atoms with E-state index in [0.717, 1.165) is 19.4 Å². The van der Waals surface area contributed by atoms with Crippen molar-refractivity contribution in [3.8, 4) is 0 Å². The number of rotatable bonds is 3. The molecule has 1 saturated carbocycles. The maximum Gasteiger partial charge on any atom is 0.109 e. The topological polar surface area (TPSA) is 32.3 Å². The Morgan fingerprint density at radius 2 is 1.28 bits per heavy atom. The first-order valence-electron chi connectivity index (χ1n) is 10.4. The number of benzene rings is 3. The number of hydrogen-bond acceptors (Lipinski definition) is 2. The van der Waals surface area contributed by atoms with E-state index in [-0.39, 0.29) is 23.7 Å². The molecule has 5 rings (SSSR count). The predicted molar refractivity (Wildman–Crippen MR) is 120 cm³/mol. The van der Waals surface area contributed by atoms with Crippen LogP contribution < -0.4 is 5.32 Å². The van der Waals surface area contributed by atoms with Crippen molar-refractivity contribution in [3.05, 3.63) is 108 Å². The average molecular weight is 406 g/mol. The van der Waals surface area contributed by atoms with Crippen LogP contribution in [-0.4, -0.2) is 17.9 Å². The number of halogens is 1. The molecule has 4 atom stereocenters. The number of aliphatic hydroxyl groups excluding tert-OH is 1. The Morgan fingerprint density at radius 3 is 1.83 bits per heavy atom. The number of nitrogens with one attached hydrogen (secondary N) is 1. The molecule has 1 aliphatic heterocycles. The highest BCUT2D eigenvalue weighted by Crippen LogP contribution is 2.57. The lowest BCUT2D eigenvalue weighted by molar-refractivity contribution is 0.0319. The van der Waals surface area contributed by atoms with E-state index in [1.165, 1.54) is 16.7 Å². The van der Waals surface area contributed by atoms with Gasteiger partial charge in [0.05, 0.1) is 0 Å². The summed E-state index contributed by atoms with van der Waals surface area (Å²) in [6.07, 6.45) is 1.68. The van der Waals surface area contributed by atoms with Gasteiger partial charge in [0, 0.05) is 17.9 Å². The van der Waals surface area contributed by atoms with Gasteiger partial charge in [-0.3, -0.25) is 5.32 Å². The van der Waals surface area contributed by atoms with Gasteiger partial charge in [0.1, 0.15) is 6.23 Å². The van der Waals surface area contributed by atoms with Gasteiger partial charge in [0.25, 0.3) is 0 Å². The van der Waals surface area contributed by atoms with E-state index < -0.39 is 6.23 Å². The number of fused-ring (bicyclic) bond motifs is 1. The highest BCUT2D eigenvalue weighted by atomic mass is 35.5. The van der Waals surface area contributed by atoms with Crippen LogP contribution in [0.2, 0.25) is 0 Å². The summed E-state index contributed by atoms with van der Waals surface area (Å²) >= 11 is 0. The van der Waals surface area contributed by atoms with Crippen LogP contribution in [-0.2, 0) is 5.41 Å². The van der Waals surface area contributed by atoms with E-state index in [0.29, 0.717) is 11.8 Å². The van der Waals surface area contributed by atoms with Crippen molar-refractivity contribution in [2.45, 2.75) is 30.4 Å². The van der Waals surface area contributed by atoms with Crippen LogP contribution in [0.5, 0.6) is 0 Å². The first-order valence-corrected chi connectivity index (χ1v) is 10.4. The van der Waals surface area contributed by atoms with Crippen LogP contribution in [0.1, 0.15) is 35.4 Å². The zero-order chi connectivity index (χ0) is 19.0. The van der Waals surface area contributed by atoms with E-state index in [1.807, 2.05) is 0 Å². The van der Waals surface area contributed by atoms with Gasteiger partial charge in [-0.25, -0.2) is 0 Å². The molecule has 3 aromatic carbocycles. The molecule has 2 aliphatic rings. The molecule has 150 valence electrons. The van der Waals surface area contributed by atoms with Crippen LogP contribution in [0, 0.1) is 11.8 Å². The highest BCUT2D eigenvalue weighted by molar-refractivity contribution is 5.85. The van der Waals surface area contributed by atoms with Crippen molar-refractivity contribution in [1.29, 1.82) is 0 Å². The molecular weight excluding hydrogens is 378 g/mol. The fraction of sp³-hybridized carbons (Fsp3) is 0.308. The molecule has 2 nitrogen and oxygen atoms in total. The van der Waals surface area contributed by atoms with Crippen LogP contribution >= 0.6 is 12.4 Å². The first kappa shape index (κ1) is 20.2. The van der Waals surface area contributed by atoms with Gasteiger partial charge in [-0.1, -0.05) is 91.0 Å². The van der Waals surface area contributed by atoms with Gasteiger partial charge >= 0.3 is 0 Å². The summed E-state index contributed by atoms with van der Waals surface area (Å²) in [5.41, 5.74) is 3.89. The Kier molecular flexibility index (Phi) is 5.78. The average Bonchev–Trinajstić information content (AvgIpc) is 3.17. The number of aliphatic hydroxyl groups is 1. The third kappa shape index (κ3) is 3.30. The normalized spacial score (nSPS) is 27.6. The lowest BCUT2D eigenvalue weighted by Gasteiger charge is -2.50. The summed E-state index contributed by atoms with van der Waals surface area (Å²) in [6.45, 7) is 0.868. The Morgan fingerprint density at radius 1 is 0.759 bits per heavy atom. The van der Waals surface area contributed by atoms with Crippen molar-refractivity contribution in [2.24, 2.45) is 11.8 Å². The predicted octanol–water partition coefficient (Wildman–Crippen LogP) is 5.13. The maximum atomic E-state index is 11.1. The Hall–Kier alpha value is -2.13. The first-order chi connectivity index (χ1) is 13.8. The largest absolute Gasteiger partial charge is 0.378 e. The number of hydrogen-bond donors (Lipinski definition) is 2. The molecule has 1 saturated heterocycles. The summed E-state index contributed by atoms with van der Waals surface area (Å²) in [4.78, 5) is 0. The summed E-state index contributed by atoms with van der Waals surface area (Å²) in [5.74, 6) is 1.04. The zero-order valence-corrected chi connectivity index (χ0v) is 17.3. The van der Waals surface area contributed by atoms with Crippen LogP contribution in [0.15, 0.2) is 91.0 Å². The molecule has 1 aliphatic carbocycles. The summed E-state index contributed by atoms with van der Waals surface area (Å²) in [7, 11) is 0. The lowest BCUT2D eigenvalue weighted by Crippen LogP contribution is -2.49. The van der Waals surface area contributed by atoms with Crippen LogP contribution in [0.4, 0.5) is 0 Å². The summed E-state index contributed by atoms with van der Waals surface area (Å²) in [5, 5.41) is 14.5. The van der Waals surface area contributed by atoms with Gasteiger partial charge in [0.2, 0.25) is 0 Å². The molecular formula is C26H28ClNO. The van der Waals surface area contributed by atoms with Crippen molar-refractivity contribution < 1.29 is 5.11 Å². The van der Waals surface area contributed by atoms with E-state index in [2.05, 4.69) is 96.3 Å². The second-order valence-corrected chi connectivity index (χ2v) is 8.30. The van der Waals surface area contributed by atoms with Gasteiger partial charge in [0.15, 0.2) is 0 Å². The third-order valence-electron chi connectivity index (χ3n) is 7.11. The van der Waals surface area contributed by atoms with Crippen LogP contribution in [0.25, 0.3) is 0 Å². The minimum absolute atomic E-state index is 0. The lowest BCUT2D eigenvalue weighted by atomic mass is 9.53. The van der Waals surface area contributed by atoms with Gasteiger partial charge in [-0.2, -0.15) is 0 Å². The monoisotopic (exact) mass is 405 g/mol. The molecule has 0 amide bonds. The minimum atomic E-state index is -0.489. The van der Waals surface area contributed by atoms with E-state index in [1.54, 1.807) is 0 Å². The van der Waals surface area contributed by atoms with Gasteiger partial charge in [-0.15, -0.1) is 12.4 Å². The SMILES string of the molecule is Cl.OC1NC[C@H]2[C@@H](c3ccccc3)CCC(c3ccccc3)(c3ccccc3)[C@@H]12. The van der Waals surface area contributed by atoms with Crippen molar-refractivity contribution in [3.63, 3.8) is 0 Å². The van der Waals surface area contributed by atoms with Gasteiger partial charge < -0.3 is 5.11 Å². The minimum Gasteiger partial charge on any atom is -0.378 e. The Bertz CT molecular complexity index is 876. The van der Waals surface area contributed by atoms with Gasteiger partial charge in [-0.05, 0) is 41.4 Å². The van der Waals surface area contributed by atoms with E-state index in [9.17, 15) is 5.11 Å². The maximum absolute atomic E-state index is 11.1. The molecule has 29 heavy (non-hydrogen) atoms. The molecule has 0 radical (unpaired) electrons. The molecule has 0 bridgehead atoms. The summed E-state index contributed by atoms with van der Waals surface area (Å²) in [6, 6.07) is 32.6. The zero-order valence-electron chi connectivity index (χ0n) is 16.4. The van der Waals surface area contributed by atoms with Crippen molar-refractivity contribution in [2.75, 3.05) is 6.54 Å². The molecule has 2 N–H and O–H groups in total. The molecule has 3 heteroatoms. The van der Waals surface area contributed by atoms with Crippen molar-refractivity contribution >= 4 is 12.4 Å². The second-order valence-electron chi connectivity index (χ2n) is 8.30. The van der Waals surface area contributed by atoms with Crippen LogP contribution in [0.3, 0.4) is 0 Å². The molecule has 3 aromatic rings. The molecule has 1 unspecified atom stereocenters. The molecule has 1 heterocycles. The fourth-order valence-corrected chi connectivity index (χ4v) is 5.96. The standard InChI is InChI=1S/C26H27NO.ClH/c28-25-24-23(18-27-25)22(19-10-4-1-5-11-19)16-17-26(24,20-12-6-2-7-13-20)21-14-8-3-9-15-21;/h1-15,22-25,27-28H,16-18H2;1H/t22-,23+,24-,25?;/m1./s1. The Balaban J connectivity index is 0.00000205. The van der Waals surface area contributed by atoms with E-state index >= 15 is 0 Å². The van der Waals surface area contributed by atoms with E-state index in [4.69, 9.17) is 0 Å².